The van der Waals surface area contributed by atoms with E-state index < -0.39 is 0 Å². The van der Waals surface area contributed by atoms with Crippen LogP contribution in [0, 0.1) is 6.92 Å². The predicted octanol–water partition coefficient (Wildman–Crippen LogP) is 1.29. The van der Waals surface area contributed by atoms with E-state index in [-0.39, 0.29) is 11.8 Å². The fourth-order valence-corrected chi connectivity index (χ4v) is 3.54. The Hall–Kier alpha value is -2.19. The van der Waals surface area contributed by atoms with E-state index >= 15 is 0 Å². The highest BCUT2D eigenvalue weighted by Gasteiger charge is 2.25. The lowest BCUT2D eigenvalue weighted by atomic mass is 10.2. The van der Waals surface area contributed by atoms with Crippen molar-refractivity contribution in [3.63, 3.8) is 0 Å². The molecule has 128 valence electrons. The molecule has 0 fully saturated rings. The molecule has 1 N–H and O–H groups in total. The fraction of sp³-hybridized carbons (Fsp3) is 0.438. The molecule has 0 aliphatic carbocycles. The van der Waals surface area contributed by atoms with Gasteiger partial charge in [0.1, 0.15) is 0 Å². The molecule has 0 radical (unpaired) electrons. The van der Waals surface area contributed by atoms with E-state index in [2.05, 4.69) is 10.4 Å². The lowest BCUT2D eigenvalue weighted by molar-refractivity contribution is 0.0709. The minimum atomic E-state index is -0.221. The maximum Gasteiger partial charge on any atom is 0.271 e. The number of hydrogen-bond donors (Lipinski definition) is 1. The van der Waals surface area contributed by atoms with Gasteiger partial charge in [-0.05, 0) is 30.0 Å². The number of amides is 2. The summed E-state index contributed by atoms with van der Waals surface area (Å²) in [4.78, 5) is 27.3. The van der Waals surface area contributed by atoms with Crippen LogP contribution in [0.3, 0.4) is 0 Å². The first kappa shape index (κ1) is 16.7. The van der Waals surface area contributed by atoms with Crippen molar-refractivity contribution in [3.05, 3.63) is 39.3 Å². The van der Waals surface area contributed by atoms with Crippen LogP contribution >= 0.6 is 11.3 Å². The lowest BCUT2D eigenvalue weighted by Gasteiger charge is -2.27. The SMILES string of the molecule is COCCNC(=O)c1cc2n(n1)CCN(C(=O)c1sccc1C)C2. The third-order valence-electron chi connectivity index (χ3n) is 3.97. The highest BCUT2D eigenvalue weighted by Crippen LogP contribution is 2.21. The average molecular weight is 348 g/mol. The van der Waals surface area contributed by atoms with Gasteiger partial charge < -0.3 is 15.0 Å². The molecule has 3 rings (SSSR count). The smallest absolute Gasteiger partial charge is 0.271 e. The minimum Gasteiger partial charge on any atom is -0.383 e. The number of ether oxygens (including phenoxy) is 1. The van der Waals surface area contributed by atoms with E-state index in [1.807, 2.05) is 23.3 Å². The minimum absolute atomic E-state index is 0.0426. The number of hydrogen-bond acceptors (Lipinski definition) is 5. The van der Waals surface area contributed by atoms with Gasteiger partial charge in [0.2, 0.25) is 0 Å². The molecule has 0 atom stereocenters. The quantitative estimate of drug-likeness (QED) is 0.826. The molecule has 8 heteroatoms. The Kier molecular flexibility index (Phi) is 4.96. The maximum atomic E-state index is 12.6. The molecule has 0 spiro atoms. The molecule has 0 saturated carbocycles. The van der Waals surface area contributed by atoms with Gasteiger partial charge in [0.15, 0.2) is 5.69 Å². The molecule has 2 aromatic heterocycles. The molecule has 7 nitrogen and oxygen atoms in total. The summed E-state index contributed by atoms with van der Waals surface area (Å²) >= 11 is 1.46. The molecule has 2 amide bonds. The second kappa shape index (κ2) is 7.14. The van der Waals surface area contributed by atoms with Gasteiger partial charge >= 0.3 is 0 Å². The van der Waals surface area contributed by atoms with Crippen LogP contribution in [0.4, 0.5) is 0 Å². The molecule has 24 heavy (non-hydrogen) atoms. The Morgan fingerprint density at radius 1 is 1.42 bits per heavy atom. The van der Waals surface area contributed by atoms with Crippen molar-refractivity contribution >= 4 is 23.2 Å². The van der Waals surface area contributed by atoms with E-state index in [0.29, 0.717) is 38.5 Å². The number of aryl methyl sites for hydroxylation is 1. The van der Waals surface area contributed by atoms with E-state index in [1.54, 1.807) is 17.9 Å². The van der Waals surface area contributed by atoms with Crippen LogP contribution in [0.5, 0.6) is 0 Å². The molecular weight excluding hydrogens is 328 g/mol. The summed E-state index contributed by atoms with van der Waals surface area (Å²) in [7, 11) is 1.59. The lowest BCUT2D eigenvalue weighted by Crippen LogP contribution is -2.38. The second-order valence-corrected chi connectivity index (χ2v) is 6.57. The molecular formula is C16H20N4O3S. The molecule has 3 heterocycles. The number of nitrogens with zero attached hydrogens (tertiary/aromatic N) is 3. The molecule has 0 saturated heterocycles. The van der Waals surface area contributed by atoms with E-state index in [0.717, 1.165) is 16.1 Å². The van der Waals surface area contributed by atoms with Gasteiger partial charge in [-0.3, -0.25) is 14.3 Å². The molecule has 0 aromatic carbocycles. The monoisotopic (exact) mass is 348 g/mol. The second-order valence-electron chi connectivity index (χ2n) is 5.65. The first-order valence-corrected chi connectivity index (χ1v) is 8.65. The first-order valence-electron chi connectivity index (χ1n) is 7.77. The number of carbonyl (C=O) groups is 2. The van der Waals surface area contributed by atoms with E-state index in [9.17, 15) is 9.59 Å². The third kappa shape index (κ3) is 3.34. The molecule has 0 unspecified atom stereocenters. The number of fused-ring (bicyclic) bond motifs is 1. The van der Waals surface area contributed by atoms with Crippen molar-refractivity contribution in [1.82, 2.24) is 20.0 Å². The zero-order valence-electron chi connectivity index (χ0n) is 13.7. The predicted molar refractivity (Wildman–Crippen MR) is 90.2 cm³/mol. The Morgan fingerprint density at radius 3 is 2.96 bits per heavy atom. The molecule has 1 aliphatic rings. The van der Waals surface area contributed by atoms with Crippen LogP contribution in [0.1, 0.15) is 31.4 Å². The summed E-state index contributed by atoms with van der Waals surface area (Å²) in [6.45, 7) is 4.50. The largest absolute Gasteiger partial charge is 0.383 e. The van der Waals surface area contributed by atoms with Crippen molar-refractivity contribution in [2.45, 2.75) is 20.0 Å². The van der Waals surface area contributed by atoms with Gasteiger partial charge in [-0.1, -0.05) is 0 Å². The number of aromatic nitrogens is 2. The number of carbonyl (C=O) groups excluding carboxylic acids is 2. The molecule has 2 aromatic rings. The van der Waals surface area contributed by atoms with Crippen LogP contribution in [-0.2, 0) is 17.8 Å². The summed E-state index contributed by atoms with van der Waals surface area (Å²) in [6, 6.07) is 3.71. The number of rotatable bonds is 5. The summed E-state index contributed by atoms with van der Waals surface area (Å²) in [5.41, 5.74) is 2.26. The molecule has 0 bridgehead atoms. The van der Waals surface area contributed by atoms with E-state index in [1.165, 1.54) is 11.3 Å². The van der Waals surface area contributed by atoms with Crippen molar-refractivity contribution in [2.75, 3.05) is 26.8 Å². The Morgan fingerprint density at radius 2 is 2.25 bits per heavy atom. The highest BCUT2D eigenvalue weighted by atomic mass is 32.1. The Bertz CT molecular complexity index is 752. The van der Waals surface area contributed by atoms with Gasteiger partial charge in [0, 0.05) is 20.2 Å². The van der Waals surface area contributed by atoms with Crippen LogP contribution < -0.4 is 5.32 Å². The van der Waals surface area contributed by atoms with Crippen LogP contribution in [0.15, 0.2) is 17.5 Å². The van der Waals surface area contributed by atoms with Crippen LogP contribution in [0.25, 0.3) is 0 Å². The zero-order chi connectivity index (χ0) is 17.1. The topological polar surface area (TPSA) is 76.5 Å². The summed E-state index contributed by atoms with van der Waals surface area (Å²) in [6.07, 6.45) is 0. The van der Waals surface area contributed by atoms with Crippen LogP contribution in [-0.4, -0.2) is 53.3 Å². The van der Waals surface area contributed by atoms with Crippen molar-refractivity contribution in [1.29, 1.82) is 0 Å². The van der Waals surface area contributed by atoms with E-state index in [4.69, 9.17) is 4.74 Å². The van der Waals surface area contributed by atoms with Crippen molar-refractivity contribution in [3.8, 4) is 0 Å². The number of nitrogens with one attached hydrogen (secondary N) is 1. The Balaban J connectivity index is 1.69. The first-order chi connectivity index (χ1) is 11.6. The summed E-state index contributed by atoms with van der Waals surface area (Å²) in [5, 5.41) is 9.02. The standard InChI is InChI=1S/C16H20N4O3S/c1-11-3-8-24-14(11)16(22)19-5-6-20-12(10-19)9-13(18-20)15(21)17-4-7-23-2/h3,8-9H,4-7,10H2,1-2H3,(H,17,21). The van der Waals surface area contributed by atoms with Gasteiger partial charge in [-0.15, -0.1) is 11.3 Å². The molecule has 1 aliphatic heterocycles. The van der Waals surface area contributed by atoms with Crippen LogP contribution in [0.2, 0.25) is 0 Å². The highest BCUT2D eigenvalue weighted by molar-refractivity contribution is 7.12. The van der Waals surface area contributed by atoms with Gasteiger partial charge in [-0.25, -0.2) is 0 Å². The number of thiophene rings is 1. The van der Waals surface area contributed by atoms with Crippen molar-refractivity contribution < 1.29 is 14.3 Å². The van der Waals surface area contributed by atoms with Gasteiger partial charge in [-0.2, -0.15) is 5.10 Å². The normalized spacial score (nSPS) is 13.7. The van der Waals surface area contributed by atoms with Gasteiger partial charge in [0.05, 0.1) is 30.3 Å². The van der Waals surface area contributed by atoms with Gasteiger partial charge in [0.25, 0.3) is 11.8 Å². The fourth-order valence-electron chi connectivity index (χ4n) is 2.64. The third-order valence-corrected chi connectivity index (χ3v) is 4.97. The summed E-state index contributed by atoms with van der Waals surface area (Å²) < 4.78 is 6.71. The zero-order valence-corrected chi connectivity index (χ0v) is 14.6. The van der Waals surface area contributed by atoms with Crippen molar-refractivity contribution in [2.24, 2.45) is 0 Å². The Labute approximate surface area is 144 Å². The summed E-state index contributed by atoms with van der Waals surface area (Å²) in [5.74, 6) is -0.179. The number of methoxy groups -OCH3 is 1. The average Bonchev–Trinajstić information content (AvgIpc) is 3.19. The maximum absolute atomic E-state index is 12.6.